The standard InChI is InChI=1S/C22H17F3N2O2/c1-2-20(28)26-11-16(12-26)27-13-19(17-5-3-4-6-18(17)21(27)29)14-7-9-15(10-8-14)22(23,24)25/h2-10,13,16H,1,11-12H2. The highest BCUT2D eigenvalue weighted by Gasteiger charge is 2.32. The zero-order valence-corrected chi connectivity index (χ0v) is 15.3. The molecule has 0 N–H and O–H groups in total. The number of nitrogens with zero attached hydrogens (tertiary/aromatic N) is 2. The summed E-state index contributed by atoms with van der Waals surface area (Å²) in [6.07, 6.45) is -1.51. The minimum absolute atomic E-state index is 0.188. The number of carbonyl (C=O) groups excluding carboxylic acids is 1. The largest absolute Gasteiger partial charge is 0.416 e. The average Bonchev–Trinajstić information content (AvgIpc) is 2.68. The van der Waals surface area contributed by atoms with Crippen LogP contribution in [0.2, 0.25) is 0 Å². The number of halogens is 3. The van der Waals surface area contributed by atoms with Crippen molar-refractivity contribution in [3.63, 3.8) is 0 Å². The lowest BCUT2D eigenvalue weighted by atomic mass is 9.98. The summed E-state index contributed by atoms with van der Waals surface area (Å²) in [5, 5.41) is 1.16. The molecule has 2 aromatic carbocycles. The second-order valence-electron chi connectivity index (χ2n) is 6.98. The van der Waals surface area contributed by atoms with Gasteiger partial charge in [0.05, 0.1) is 11.6 Å². The molecule has 7 heteroatoms. The first-order valence-electron chi connectivity index (χ1n) is 9.02. The Labute approximate surface area is 164 Å². The van der Waals surface area contributed by atoms with Crippen LogP contribution >= 0.6 is 0 Å². The molecule has 1 aliphatic rings. The quantitative estimate of drug-likeness (QED) is 0.619. The van der Waals surface area contributed by atoms with Gasteiger partial charge in [0, 0.05) is 30.2 Å². The van der Waals surface area contributed by atoms with E-state index >= 15 is 0 Å². The maximum absolute atomic E-state index is 13.0. The van der Waals surface area contributed by atoms with Gasteiger partial charge in [-0.3, -0.25) is 9.59 Å². The molecular weight excluding hydrogens is 381 g/mol. The Morgan fingerprint density at radius 3 is 2.24 bits per heavy atom. The normalized spacial score (nSPS) is 14.7. The van der Waals surface area contributed by atoms with Gasteiger partial charge in [0.2, 0.25) is 5.91 Å². The van der Waals surface area contributed by atoms with Crippen LogP contribution in [0.1, 0.15) is 11.6 Å². The van der Waals surface area contributed by atoms with Crippen molar-refractivity contribution < 1.29 is 18.0 Å². The van der Waals surface area contributed by atoms with Gasteiger partial charge in [-0.25, -0.2) is 0 Å². The third kappa shape index (κ3) is 3.33. The maximum atomic E-state index is 13.0. The second-order valence-corrected chi connectivity index (χ2v) is 6.98. The first kappa shape index (κ1) is 19.0. The molecule has 4 rings (SSSR count). The topological polar surface area (TPSA) is 42.3 Å². The van der Waals surface area contributed by atoms with Crippen molar-refractivity contribution in [1.29, 1.82) is 0 Å². The molecule has 0 bridgehead atoms. The van der Waals surface area contributed by atoms with E-state index in [1.807, 2.05) is 0 Å². The number of hydrogen-bond donors (Lipinski definition) is 0. The number of fused-ring (bicyclic) bond motifs is 1. The highest BCUT2D eigenvalue weighted by atomic mass is 19.4. The molecule has 148 valence electrons. The molecule has 3 aromatic rings. The van der Waals surface area contributed by atoms with Gasteiger partial charge >= 0.3 is 6.18 Å². The molecule has 1 aromatic heterocycles. The highest BCUT2D eigenvalue weighted by Crippen LogP contribution is 2.33. The summed E-state index contributed by atoms with van der Waals surface area (Å²) in [6.45, 7) is 4.23. The molecule has 1 aliphatic heterocycles. The predicted octanol–water partition coefficient (Wildman–Crippen LogP) is 4.26. The summed E-state index contributed by atoms with van der Waals surface area (Å²) in [6, 6.07) is 11.7. The van der Waals surface area contributed by atoms with Crippen molar-refractivity contribution >= 4 is 16.7 Å². The zero-order chi connectivity index (χ0) is 20.8. The molecule has 0 aliphatic carbocycles. The Hall–Kier alpha value is -3.35. The van der Waals surface area contributed by atoms with Gasteiger partial charge in [-0.2, -0.15) is 13.2 Å². The molecule has 0 unspecified atom stereocenters. The molecule has 1 fully saturated rings. The van der Waals surface area contributed by atoms with Crippen molar-refractivity contribution in [3.05, 3.63) is 83.3 Å². The van der Waals surface area contributed by atoms with Crippen LogP contribution in [0.4, 0.5) is 13.2 Å². The first-order chi connectivity index (χ1) is 13.8. The SMILES string of the molecule is C=CC(=O)N1CC(n2cc(-c3ccc(C(F)(F)F)cc3)c3ccccc3c2=O)C1. The highest BCUT2D eigenvalue weighted by molar-refractivity contribution is 5.95. The molecule has 4 nitrogen and oxygen atoms in total. The van der Waals surface area contributed by atoms with Gasteiger partial charge in [0.15, 0.2) is 0 Å². The van der Waals surface area contributed by atoms with E-state index in [0.717, 1.165) is 12.1 Å². The number of benzene rings is 2. The van der Waals surface area contributed by atoms with Crippen molar-refractivity contribution in [2.75, 3.05) is 13.1 Å². The summed E-state index contributed by atoms with van der Waals surface area (Å²) in [5.41, 5.74) is 0.340. The minimum atomic E-state index is -4.41. The molecule has 1 amide bonds. The molecule has 0 atom stereocenters. The summed E-state index contributed by atoms with van der Waals surface area (Å²) in [5.74, 6) is -0.196. The van der Waals surface area contributed by atoms with Crippen molar-refractivity contribution in [1.82, 2.24) is 9.47 Å². The molecule has 2 heterocycles. The van der Waals surface area contributed by atoms with Crippen molar-refractivity contribution in [2.45, 2.75) is 12.2 Å². The van der Waals surface area contributed by atoms with E-state index in [9.17, 15) is 22.8 Å². The molecule has 0 radical (unpaired) electrons. The van der Waals surface area contributed by atoms with Crippen LogP contribution in [-0.4, -0.2) is 28.5 Å². The Kier molecular flexibility index (Phi) is 4.53. The smallest absolute Gasteiger partial charge is 0.335 e. The molecule has 0 spiro atoms. The van der Waals surface area contributed by atoms with Crippen LogP contribution in [0.3, 0.4) is 0 Å². The maximum Gasteiger partial charge on any atom is 0.416 e. The monoisotopic (exact) mass is 398 g/mol. The third-order valence-corrected chi connectivity index (χ3v) is 5.22. The van der Waals surface area contributed by atoms with Gasteiger partial charge in [-0.1, -0.05) is 36.9 Å². The van der Waals surface area contributed by atoms with E-state index in [1.165, 1.54) is 18.2 Å². The summed E-state index contributed by atoms with van der Waals surface area (Å²) in [7, 11) is 0. The van der Waals surface area contributed by atoms with E-state index in [1.54, 1.807) is 39.9 Å². The summed E-state index contributed by atoms with van der Waals surface area (Å²) >= 11 is 0. The number of rotatable bonds is 3. The van der Waals surface area contributed by atoms with Gasteiger partial charge in [0.25, 0.3) is 5.56 Å². The van der Waals surface area contributed by atoms with Crippen LogP contribution in [0.5, 0.6) is 0 Å². The van der Waals surface area contributed by atoms with E-state index in [-0.39, 0.29) is 17.5 Å². The number of aromatic nitrogens is 1. The zero-order valence-electron chi connectivity index (χ0n) is 15.3. The van der Waals surface area contributed by atoms with E-state index in [2.05, 4.69) is 6.58 Å². The van der Waals surface area contributed by atoms with Crippen LogP contribution in [-0.2, 0) is 11.0 Å². The first-order valence-corrected chi connectivity index (χ1v) is 9.02. The Balaban J connectivity index is 1.80. The number of carbonyl (C=O) groups is 1. The number of pyridine rings is 1. The minimum Gasteiger partial charge on any atom is -0.335 e. The molecule has 0 saturated carbocycles. The summed E-state index contributed by atoms with van der Waals surface area (Å²) in [4.78, 5) is 26.2. The number of hydrogen-bond acceptors (Lipinski definition) is 2. The average molecular weight is 398 g/mol. The van der Waals surface area contributed by atoms with E-state index in [4.69, 9.17) is 0 Å². The molecule has 1 saturated heterocycles. The van der Waals surface area contributed by atoms with Crippen LogP contribution < -0.4 is 5.56 Å². The second kappa shape index (κ2) is 6.92. The van der Waals surface area contributed by atoms with Crippen LogP contribution in [0.25, 0.3) is 21.9 Å². The number of likely N-dealkylation sites (tertiary alicyclic amines) is 1. The van der Waals surface area contributed by atoms with Gasteiger partial charge in [-0.15, -0.1) is 0 Å². The Morgan fingerprint density at radius 1 is 1.03 bits per heavy atom. The van der Waals surface area contributed by atoms with Crippen molar-refractivity contribution in [3.8, 4) is 11.1 Å². The molecule has 29 heavy (non-hydrogen) atoms. The third-order valence-electron chi connectivity index (χ3n) is 5.22. The van der Waals surface area contributed by atoms with Gasteiger partial charge in [0.1, 0.15) is 0 Å². The van der Waals surface area contributed by atoms with Gasteiger partial charge < -0.3 is 9.47 Å². The lowest BCUT2D eigenvalue weighted by Crippen LogP contribution is -2.52. The molecular formula is C22H17F3N2O2. The fraction of sp³-hybridized carbons (Fsp3) is 0.182. The van der Waals surface area contributed by atoms with Crippen LogP contribution in [0, 0.1) is 0 Å². The lowest BCUT2D eigenvalue weighted by Gasteiger charge is -2.39. The summed E-state index contributed by atoms with van der Waals surface area (Å²) < 4.78 is 40.3. The van der Waals surface area contributed by atoms with Crippen LogP contribution in [0.15, 0.2) is 72.2 Å². The Morgan fingerprint density at radius 2 is 1.66 bits per heavy atom. The fourth-order valence-corrected chi connectivity index (χ4v) is 3.59. The number of alkyl halides is 3. The predicted molar refractivity (Wildman–Crippen MR) is 104 cm³/mol. The number of amides is 1. The fourth-order valence-electron chi connectivity index (χ4n) is 3.59. The Bertz CT molecular complexity index is 1160. The lowest BCUT2D eigenvalue weighted by molar-refractivity contribution is -0.137. The van der Waals surface area contributed by atoms with E-state index in [0.29, 0.717) is 35.0 Å². The van der Waals surface area contributed by atoms with Crippen molar-refractivity contribution in [2.24, 2.45) is 0 Å². The van der Waals surface area contributed by atoms with Gasteiger partial charge in [-0.05, 0) is 35.2 Å². The van der Waals surface area contributed by atoms with E-state index < -0.39 is 11.7 Å².